The molecule has 0 saturated heterocycles. The summed E-state index contributed by atoms with van der Waals surface area (Å²) in [6.45, 7) is 0. The van der Waals surface area contributed by atoms with Gasteiger partial charge in [0.25, 0.3) is 0 Å². The predicted molar refractivity (Wildman–Crippen MR) is 199 cm³/mol. The van der Waals surface area contributed by atoms with E-state index in [9.17, 15) is 0 Å². The largest absolute Gasteiger partial charge is 0.456 e. The van der Waals surface area contributed by atoms with Crippen molar-refractivity contribution in [2.24, 2.45) is 0 Å². The van der Waals surface area contributed by atoms with Crippen LogP contribution in [0.4, 0.5) is 17.1 Å². The Balaban J connectivity index is 1.17. The van der Waals surface area contributed by atoms with Gasteiger partial charge in [-0.15, -0.1) is 11.3 Å². The summed E-state index contributed by atoms with van der Waals surface area (Å²) in [6, 6.07) is 51.2. The van der Waals surface area contributed by atoms with Crippen LogP contribution in [0, 0.1) is 0 Å². The summed E-state index contributed by atoms with van der Waals surface area (Å²) in [6.07, 6.45) is 0. The summed E-state index contributed by atoms with van der Waals surface area (Å²) in [5.74, 6) is 0. The topological polar surface area (TPSA) is 42.4 Å². The van der Waals surface area contributed by atoms with E-state index in [2.05, 4.69) is 126 Å². The summed E-state index contributed by atoms with van der Waals surface area (Å²) in [4.78, 5) is 8.85. The van der Waals surface area contributed by atoms with Gasteiger partial charge < -0.3 is 13.7 Å². The maximum absolute atomic E-state index is 6.23. The van der Waals surface area contributed by atoms with Crippen LogP contribution in [0.5, 0.6) is 0 Å². The van der Waals surface area contributed by atoms with Gasteiger partial charge in [0, 0.05) is 55.3 Å². The highest BCUT2D eigenvalue weighted by Crippen LogP contribution is 2.53. The molecule has 0 radical (unpaired) electrons. The fraction of sp³-hybridized carbons (Fsp3) is 0. The van der Waals surface area contributed by atoms with Gasteiger partial charge in [-0.1, -0.05) is 84.9 Å². The van der Waals surface area contributed by atoms with Crippen molar-refractivity contribution in [2.45, 2.75) is 0 Å². The van der Waals surface area contributed by atoms with Gasteiger partial charge in [-0.3, -0.25) is 0 Å². The van der Waals surface area contributed by atoms with Crippen molar-refractivity contribution < 1.29 is 8.83 Å². The quantitative estimate of drug-likeness (QED) is 0.194. The van der Waals surface area contributed by atoms with Gasteiger partial charge in [0.05, 0.1) is 10.6 Å². The number of thiazole rings is 1. The van der Waals surface area contributed by atoms with Crippen LogP contribution in [0.15, 0.2) is 154 Å². The minimum absolute atomic E-state index is 0.874. The average molecular weight is 633 g/mol. The summed E-state index contributed by atoms with van der Waals surface area (Å²) in [5.41, 5.74) is 11.3. The normalized spacial score (nSPS) is 12.2. The number of hydrogen-bond donors (Lipinski definition) is 0. The minimum Gasteiger partial charge on any atom is -0.456 e. The van der Waals surface area contributed by atoms with E-state index in [0.717, 1.165) is 77.2 Å². The van der Waals surface area contributed by atoms with Crippen LogP contribution in [-0.2, 0) is 0 Å². The molecule has 1 aliphatic rings. The number of nitrogens with zero attached hydrogens (tertiary/aromatic N) is 2. The van der Waals surface area contributed by atoms with Gasteiger partial charge in [0.1, 0.15) is 27.3 Å². The first-order valence-electron chi connectivity index (χ1n) is 16.0. The van der Waals surface area contributed by atoms with Gasteiger partial charge in [-0.05, 0) is 71.4 Å². The fourth-order valence-corrected chi connectivity index (χ4v) is 8.58. The summed E-state index contributed by atoms with van der Waals surface area (Å²) in [7, 11) is 0. The Morgan fingerprint density at radius 2 is 1.10 bits per heavy atom. The smallest absolute Gasteiger partial charge is 0.135 e. The zero-order valence-electron chi connectivity index (χ0n) is 25.5. The van der Waals surface area contributed by atoms with Crippen molar-refractivity contribution in [1.29, 1.82) is 0 Å². The first-order valence-corrected chi connectivity index (χ1v) is 16.8. The second-order valence-corrected chi connectivity index (χ2v) is 13.4. The Morgan fingerprint density at radius 3 is 1.79 bits per heavy atom. The van der Waals surface area contributed by atoms with Crippen molar-refractivity contribution in [3.05, 3.63) is 146 Å². The van der Waals surface area contributed by atoms with E-state index in [4.69, 9.17) is 13.8 Å². The molecule has 3 heterocycles. The highest BCUT2D eigenvalue weighted by molar-refractivity contribution is 7.19. The molecule has 0 saturated carbocycles. The van der Waals surface area contributed by atoms with E-state index in [-0.39, 0.29) is 0 Å². The molecule has 0 fully saturated rings. The molecule has 4 nitrogen and oxygen atoms in total. The number of aromatic nitrogens is 1. The Morgan fingerprint density at radius 1 is 0.479 bits per heavy atom. The lowest BCUT2D eigenvalue weighted by atomic mass is 10.0. The lowest BCUT2D eigenvalue weighted by molar-refractivity contribution is 0.668. The van der Waals surface area contributed by atoms with Crippen LogP contribution in [0.25, 0.3) is 86.9 Å². The molecule has 224 valence electrons. The molecule has 3 aromatic heterocycles. The predicted octanol–water partition coefficient (Wildman–Crippen LogP) is 12.9. The standard InChI is InChI=1S/C43H24N2O2S/c1-2-9-25(10-3-1)43-44-41-35-24-29(21-26-11-8-14-32(40(26)35)42(41)48-43)45(27-17-19-38-33(22-27)30-12-4-6-15-36(30)46-38)28-18-20-39-34(23-28)31-13-5-7-16-37(31)47-39/h1-24H. The lowest BCUT2D eigenvalue weighted by Crippen LogP contribution is -2.10. The minimum atomic E-state index is 0.874. The Labute approximate surface area is 278 Å². The number of rotatable bonds is 4. The summed E-state index contributed by atoms with van der Waals surface area (Å²) in [5, 5.41) is 7.89. The van der Waals surface area contributed by atoms with Crippen molar-refractivity contribution in [2.75, 3.05) is 4.90 Å². The maximum atomic E-state index is 6.23. The van der Waals surface area contributed by atoms with Crippen LogP contribution in [0.3, 0.4) is 0 Å². The number of para-hydroxylation sites is 2. The van der Waals surface area contributed by atoms with Crippen LogP contribution in [-0.4, -0.2) is 4.98 Å². The molecule has 0 amide bonds. The third-order valence-corrected chi connectivity index (χ3v) is 10.7. The number of anilines is 3. The first-order chi connectivity index (χ1) is 23.8. The van der Waals surface area contributed by atoms with Crippen LogP contribution >= 0.6 is 11.3 Å². The SMILES string of the molecule is c1ccc(-c2nc3c(s2)-c2cccc4cc(N(c5ccc6oc7ccccc7c6c5)c5ccc6oc7ccccc7c6c5)cc-3c24)cc1. The Kier molecular flexibility index (Phi) is 5.23. The average Bonchev–Trinajstić information content (AvgIpc) is 3.90. The summed E-state index contributed by atoms with van der Waals surface area (Å²) < 4.78 is 12.5. The fourth-order valence-electron chi connectivity index (χ4n) is 7.46. The molecule has 0 spiro atoms. The van der Waals surface area contributed by atoms with Crippen LogP contribution in [0.1, 0.15) is 0 Å². The number of furan rings is 2. The Bertz CT molecular complexity index is 2800. The van der Waals surface area contributed by atoms with Crippen molar-refractivity contribution in [1.82, 2.24) is 4.98 Å². The van der Waals surface area contributed by atoms with Crippen molar-refractivity contribution in [3.63, 3.8) is 0 Å². The summed E-state index contributed by atoms with van der Waals surface area (Å²) >= 11 is 1.77. The molecule has 1 aliphatic carbocycles. The molecule has 11 rings (SSSR count). The van der Waals surface area contributed by atoms with Crippen LogP contribution in [0.2, 0.25) is 0 Å². The van der Waals surface area contributed by atoms with Crippen molar-refractivity contribution in [3.8, 4) is 32.3 Å². The number of fused-ring (bicyclic) bond motifs is 9. The van der Waals surface area contributed by atoms with Gasteiger partial charge in [0.2, 0.25) is 0 Å². The van der Waals surface area contributed by atoms with E-state index in [1.165, 1.54) is 26.8 Å². The third-order valence-electron chi connectivity index (χ3n) is 9.60. The maximum Gasteiger partial charge on any atom is 0.135 e. The van der Waals surface area contributed by atoms with Gasteiger partial charge in [-0.2, -0.15) is 0 Å². The molecule has 10 aromatic rings. The van der Waals surface area contributed by atoms with Gasteiger partial charge >= 0.3 is 0 Å². The zero-order chi connectivity index (χ0) is 31.3. The molecule has 0 bridgehead atoms. The molecule has 0 atom stereocenters. The number of benzene rings is 7. The highest BCUT2D eigenvalue weighted by Gasteiger charge is 2.28. The molecule has 0 unspecified atom stereocenters. The highest BCUT2D eigenvalue weighted by atomic mass is 32.1. The third kappa shape index (κ3) is 3.68. The lowest BCUT2D eigenvalue weighted by Gasteiger charge is -2.26. The van der Waals surface area contributed by atoms with E-state index in [1.54, 1.807) is 11.3 Å². The monoisotopic (exact) mass is 632 g/mol. The Hall–Kier alpha value is -6.17. The van der Waals surface area contributed by atoms with E-state index in [0.29, 0.717) is 0 Å². The van der Waals surface area contributed by atoms with Gasteiger partial charge in [0.15, 0.2) is 0 Å². The molecule has 0 aliphatic heterocycles. The first kappa shape index (κ1) is 26.0. The molecular formula is C43H24N2O2S. The molecule has 7 aromatic carbocycles. The molecular weight excluding hydrogens is 609 g/mol. The van der Waals surface area contributed by atoms with Crippen LogP contribution < -0.4 is 4.90 Å². The second-order valence-electron chi connectivity index (χ2n) is 12.4. The van der Waals surface area contributed by atoms with Gasteiger partial charge in [-0.25, -0.2) is 4.98 Å². The van der Waals surface area contributed by atoms with E-state index >= 15 is 0 Å². The molecule has 0 N–H and O–H groups in total. The number of hydrogen-bond acceptors (Lipinski definition) is 5. The molecule has 5 heteroatoms. The molecule has 48 heavy (non-hydrogen) atoms. The van der Waals surface area contributed by atoms with E-state index < -0.39 is 0 Å². The van der Waals surface area contributed by atoms with E-state index in [1.807, 2.05) is 24.3 Å². The second kappa shape index (κ2) is 9.67. The van der Waals surface area contributed by atoms with Crippen molar-refractivity contribution >= 4 is 83.0 Å². The zero-order valence-corrected chi connectivity index (χ0v) is 26.3.